The Hall–Kier alpha value is -1.97. The molecular formula is C18H22O4. The standard InChI is InChI=1S/C18H22O4/c1-11(13-6-4-7-13)16(19)12(2)17(20)14-8-5-9-15(10-14)18(21)22-3/h5,8-13H,4,6-7H2,1-3H3. The van der Waals surface area contributed by atoms with Crippen molar-refractivity contribution in [3.05, 3.63) is 35.4 Å². The maximum atomic E-state index is 12.5. The van der Waals surface area contributed by atoms with Crippen molar-refractivity contribution in [2.24, 2.45) is 17.8 Å². The average Bonchev–Trinajstić information content (AvgIpc) is 2.50. The van der Waals surface area contributed by atoms with Crippen LogP contribution in [0.3, 0.4) is 0 Å². The maximum Gasteiger partial charge on any atom is 0.337 e. The van der Waals surface area contributed by atoms with Gasteiger partial charge in [0.05, 0.1) is 18.6 Å². The van der Waals surface area contributed by atoms with Gasteiger partial charge in [-0.1, -0.05) is 25.5 Å². The summed E-state index contributed by atoms with van der Waals surface area (Å²) in [6.07, 6.45) is 3.32. The van der Waals surface area contributed by atoms with Crippen LogP contribution in [0.5, 0.6) is 0 Å². The molecule has 1 aromatic rings. The Morgan fingerprint density at radius 1 is 1.14 bits per heavy atom. The largest absolute Gasteiger partial charge is 0.465 e. The molecule has 22 heavy (non-hydrogen) atoms. The van der Waals surface area contributed by atoms with Crippen LogP contribution in [-0.4, -0.2) is 24.6 Å². The minimum absolute atomic E-state index is 0.00169. The van der Waals surface area contributed by atoms with E-state index in [2.05, 4.69) is 4.74 Å². The molecule has 1 fully saturated rings. The lowest BCUT2D eigenvalue weighted by molar-refractivity contribution is -0.127. The number of carbonyl (C=O) groups is 3. The van der Waals surface area contributed by atoms with Gasteiger partial charge in [0.2, 0.25) is 0 Å². The third kappa shape index (κ3) is 3.26. The van der Waals surface area contributed by atoms with Gasteiger partial charge in [0.25, 0.3) is 0 Å². The molecule has 4 heteroatoms. The van der Waals surface area contributed by atoms with E-state index in [-0.39, 0.29) is 17.5 Å². The van der Waals surface area contributed by atoms with Crippen molar-refractivity contribution in [2.75, 3.05) is 7.11 Å². The topological polar surface area (TPSA) is 60.4 Å². The molecule has 0 aromatic heterocycles. The number of benzene rings is 1. The average molecular weight is 302 g/mol. The minimum atomic E-state index is -0.677. The number of rotatable bonds is 6. The van der Waals surface area contributed by atoms with Crippen molar-refractivity contribution < 1.29 is 19.1 Å². The van der Waals surface area contributed by atoms with E-state index in [4.69, 9.17) is 0 Å². The van der Waals surface area contributed by atoms with Gasteiger partial charge < -0.3 is 4.74 Å². The van der Waals surface area contributed by atoms with Gasteiger partial charge in [0.15, 0.2) is 5.78 Å². The molecule has 0 spiro atoms. The highest BCUT2D eigenvalue weighted by Crippen LogP contribution is 2.35. The lowest BCUT2D eigenvalue weighted by atomic mass is 9.72. The highest BCUT2D eigenvalue weighted by atomic mass is 16.5. The quantitative estimate of drug-likeness (QED) is 0.459. The second kappa shape index (κ2) is 6.86. The summed E-state index contributed by atoms with van der Waals surface area (Å²) in [4.78, 5) is 36.5. The van der Waals surface area contributed by atoms with Gasteiger partial charge in [0, 0.05) is 11.5 Å². The van der Waals surface area contributed by atoms with E-state index in [1.165, 1.54) is 19.6 Å². The molecule has 2 atom stereocenters. The minimum Gasteiger partial charge on any atom is -0.465 e. The molecule has 0 aliphatic heterocycles. The van der Waals surface area contributed by atoms with Crippen molar-refractivity contribution in [1.29, 1.82) is 0 Å². The highest BCUT2D eigenvalue weighted by molar-refractivity contribution is 6.11. The molecule has 118 valence electrons. The molecule has 2 unspecified atom stereocenters. The van der Waals surface area contributed by atoms with Crippen LogP contribution in [0, 0.1) is 17.8 Å². The molecule has 0 radical (unpaired) electrons. The second-order valence-corrected chi connectivity index (χ2v) is 6.04. The van der Waals surface area contributed by atoms with E-state index in [1.807, 2.05) is 6.92 Å². The predicted octanol–water partition coefficient (Wildman–Crippen LogP) is 3.30. The Morgan fingerprint density at radius 3 is 2.32 bits per heavy atom. The normalized spacial score (nSPS) is 17.2. The molecule has 1 aromatic carbocycles. The summed E-state index contributed by atoms with van der Waals surface area (Å²) in [7, 11) is 1.29. The number of hydrogen-bond donors (Lipinski definition) is 0. The van der Waals surface area contributed by atoms with Crippen molar-refractivity contribution in [2.45, 2.75) is 33.1 Å². The Balaban J connectivity index is 2.12. The Kier molecular flexibility index (Phi) is 5.11. The third-order valence-corrected chi connectivity index (χ3v) is 4.69. The molecule has 1 aliphatic rings. The van der Waals surface area contributed by atoms with Gasteiger partial charge in [-0.3, -0.25) is 9.59 Å². The fourth-order valence-corrected chi connectivity index (χ4v) is 2.86. The van der Waals surface area contributed by atoms with E-state index >= 15 is 0 Å². The van der Waals surface area contributed by atoms with Gasteiger partial charge >= 0.3 is 5.97 Å². The van der Waals surface area contributed by atoms with Crippen LogP contribution in [0.25, 0.3) is 0 Å². The molecule has 0 amide bonds. The SMILES string of the molecule is COC(=O)c1cccc(C(=O)C(C)C(=O)C(C)C2CCC2)c1. The number of Topliss-reactive ketones (excluding diaryl/α,β-unsaturated/α-hetero) is 2. The number of ketones is 2. The van der Waals surface area contributed by atoms with Crippen molar-refractivity contribution in [3.8, 4) is 0 Å². The molecule has 1 saturated carbocycles. The van der Waals surface area contributed by atoms with Crippen LogP contribution in [-0.2, 0) is 9.53 Å². The van der Waals surface area contributed by atoms with Crippen LogP contribution in [0.2, 0.25) is 0 Å². The molecule has 0 N–H and O–H groups in total. The zero-order valence-electron chi connectivity index (χ0n) is 13.3. The molecule has 0 saturated heterocycles. The second-order valence-electron chi connectivity index (χ2n) is 6.04. The van der Waals surface area contributed by atoms with Crippen LogP contribution in [0.4, 0.5) is 0 Å². The third-order valence-electron chi connectivity index (χ3n) is 4.69. The number of esters is 1. The van der Waals surface area contributed by atoms with E-state index < -0.39 is 11.9 Å². The Bertz CT molecular complexity index is 587. The molecular weight excluding hydrogens is 280 g/mol. The number of hydrogen-bond acceptors (Lipinski definition) is 4. The molecule has 0 heterocycles. The predicted molar refractivity (Wildman–Crippen MR) is 82.8 cm³/mol. The summed E-state index contributed by atoms with van der Waals surface area (Å²) in [5.41, 5.74) is 0.699. The van der Waals surface area contributed by atoms with Crippen LogP contribution in [0.15, 0.2) is 24.3 Å². The smallest absolute Gasteiger partial charge is 0.337 e. The Morgan fingerprint density at radius 2 is 1.77 bits per heavy atom. The summed E-state index contributed by atoms with van der Waals surface area (Å²) in [6.45, 7) is 3.57. The van der Waals surface area contributed by atoms with Gasteiger partial charge in [-0.25, -0.2) is 4.79 Å². The molecule has 2 rings (SSSR count). The summed E-state index contributed by atoms with van der Waals surface area (Å²) in [5.74, 6) is -1.05. The van der Waals surface area contributed by atoms with E-state index in [9.17, 15) is 14.4 Å². The first-order chi connectivity index (χ1) is 10.5. The fraction of sp³-hybridized carbons (Fsp3) is 0.500. The number of methoxy groups -OCH3 is 1. The summed E-state index contributed by atoms with van der Waals surface area (Å²) in [5, 5.41) is 0. The number of carbonyl (C=O) groups excluding carboxylic acids is 3. The molecule has 4 nitrogen and oxygen atoms in total. The van der Waals surface area contributed by atoms with Crippen molar-refractivity contribution in [1.82, 2.24) is 0 Å². The van der Waals surface area contributed by atoms with Gasteiger partial charge in [-0.2, -0.15) is 0 Å². The number of ether oxygens (including phenoxy) is 1. The summed E-state index contributed by atoms with van der Waals surface area (Å²) < 4.78 is 4.65. The first kappa shape index (κ1) is 16.4. The molecule has 0 bridgehead atoms. The van der Waals surface area contributed by atoms with Crippen molar-refractivity contribution >= 4 is 17.5 Å². The van der Waals surface area contributed by atoms with Gasteiger partial charge in [-0.05, 0) is 37.8 Å². The molecule has 1 aliphatic carbocycles. The zero-order chi connectivity index (χ0) is 16.3. The first-order valence-corrected chi connectivity index (χ1v) is 7.72. The van der Waals surface area contributed by atoms with E-state index in [1.54, 1.807) is 25.1 Å². The lowest BCUT2D eigenvalue weighted by Gasteiger charge is -2.31. The fourth-order valence-electron chi connectivity index (χ4n) is 2.86. The van der Waals surface area contributed by atoms with E-state index in [0.717, 1.165) is 12.8 Å². The highest BCUT2D eigenvalue weighted by Gasteiger charge is 2.34. The zero-order valence-corrected chi connectivity index (χ0v) is 13.3. The van der Waals surface area contributed by atoms with Crippen LogP contribution < -0.4 is 0 Å². The van der Waals surface area contributed by atoms with Crippen LogP contribution in [0.1, 0.15) is 53.8 Å². The summed E-state index contributed by atoms with van der Waals surface area (Å²) >= 11 is 0. The van der Waals surface area contributed by atoms with Gasteiger partial charge in [0.1, 0.15) is 5.78 Å². The van der Waals surface area contributed by atoms with Crippen LogP contribution >= 0.6 is 0 Å². The van der Waals surface area contributed by atoms with E-state index in [0.29, 0.717) is 17.0 Å². The summed E-state index contributed by atoms with van der Waals surface area (Å²) in [6, 6.07) is 6.34. The van der Waals surface area contributed by atoms with Gasteiger partial charge in [-0.15, -0.1) is 0 Å². The first-order valence-electron chi connectivity index (χ1n) is 7.72. The van der Waals surface area contributed by atoms with Crippen molar-refractivity contribution in [3.63, 3.8) is 0 Å². The monoisotopic (exact) mass is 302 g/mol. The lowest BCUT2D eigenvalue weighted by Crippen LogP contribution is -2.33. The maximum absolute atomic E-state index is 12.5. The Labute approximate surface area is 130 Å².